The van der Waals surface area contributed by atoms with Gasteiger partial charge in [-0.15, -0.1) is 0 Å². The van der Waals surface area contributed by atoms with E-state index in [4.69, 9.17) is 35.4 Å². The van der Waals surface area contributed by atoms with E-state index < -0.39 is 50.8 Å². The average molecular weight is 226 g/mol. The maximum atomic E-state index is 8.94. The minimum absolute atomic E-state index is 0.707. The Balaban J connectivity index is 4.74. The fraction of sp³-hybridized carbons (Fsp3) is 1.00. The molecule has 0 saturated carbocycles. The number of aliphatic hydroxyl groups is 6. The van der Waals surface area contributed by atoms with E-state index in [9.17, 15) is 0 Å². The Hall–Kier alpha value is -0.280. The van der Waals surface area contributed by atoms with E-state index in [1.165, 1.54) is 0 Å². The van der Waals surface area contributed by atoms with Gasteiger partial charge in [0.15, 0.2) is 0 Å². The lowest BCUT2D eigenvalue weighted by Gasteiger charge is -2.38. The highest BCUT2D eigenvalue weighted by Crippen LogP contribution is 2.20. The third-order valence-electron chi connectivity index (χ3n) is 2.16. The summed E-state index contributed by atoms with van der Waals surface area (Å²) in [6.45, 7) is -4.24. The Bertz CT molecular complexity index is 130. The summed E-state index contributed by atoms with van der Waals surface area (Å²) in [4.78, 5) is 0. The van der Waals surface area contributed by atoms with Gasteiger partial charge >= 0.3 is 0 Å². The minimum atomic E-state index is -1.70. The van der Waals surface area contributed by atoms with E-state index in [0.717, 1.165) is 0 Å². The SMILES string of the molecule is OCC(CO)(CO)OC(CO)(CO)CO. The second kappa shape index (κ2) is 6.33. The Kier molecular flexibility index (Phi) is 6.22. The molecule has 0 aliphatic heterocycles. The first-order chi connectivity index (χ1) is 7.07. The Morgan fingerprint density at radius 2 is 0.733 bits per heavy atom. The lowest BCUT2D eigenvalue weighted by atomic mass is 10.0. The van der Waals surface area contributed by atoms with Crippen LogP contribution in [0.2, 0.25) is 0 Å². The molecular weight excluding hydrogens is 208 g/mol. The van der Waals surface area contributed by atoms with Gasteiger partial charge in [-0.25, -0.2) is 0 Å². The van der Waals surface area contributed by atoms with Crippen LogP contribution in [0, 0.1) is 0 Å². The molecule has 7 heteroatoms. The van der Waals surface area contributed by atoms with Crippen LogP contribution in [0.4, 0.5) is 0 Å². The molecule has 0 aromatic rings. The molecule has 0 fully saturated rings. The third kappa shape index (κ3) is 3.35. The molecule has 0 atom stereocenters. The predicted octanol–water partition coefficient (Wildman–Crippen LogP) is -3.57. The zero-order valence-corrected chi connectivity index (χ0v) is 8.33. The Labute approximate surface area is 87.2 Å². The predicted molar refractivity (Wildman–Crippen MR) is 49.1 cm³/mol. The van der Waals surface area contributed by atoms with Crippen molar-refractivity contribution >= 4 is 0 Å². The number of hydrogen-bond donors (Lipinski definition) is 6. The van der Waals surface area contributed by atoms with Crippen molar-refractivity contribution in [1.29, 1.82) is 0 Å². The van der Waals surface area contributed by atoms with Gasteiger partial charge in [-0.3, -0.25) is 0 Å². The summed E-state index contributed by atoms with van der Waals surface area (Å²) >= 11 is 0. The van der Waals surface area contributed by atoms with Crippen LogP contribution in [-0.2, 0) is 4.74 Å². The molecule has 0 aliphatic rings. The van der Waals surface area contributed by atoms with Gasteiger partial charge in [-0.1, -0.05) is 0 Å². The van der Waals surface area contributed by atoms with E-state index in [0.29, 0.717) is 0 Å². The van der Waals surface area contributed by atoms with Gasteiger partial charge < -0.3 is 35.4 Å². The van der Waals surface area contributed by atoms with Crippen molar-refractivity contribution in [2.24, 2.45) is 0 Å². The van der Waals surface area contributed by atoms with Crippen LogP contribution in [-0.4, -0.2) is 81.5 Å². The molecule has 0 unspecified atom stereocenters. The van der Waals surface area contributed by atoms with Gasteiger partial charge in [0.2, 0.25) is 0 Å². The van der Waals surface area contributed by atoms with E-state index in [-0.39, 0.29) is 0 Å². The minimum Gasteiger partial charge on any atom is -0.393 e. The number of rotatable bonds is 8. The largest absolute Gasteiger partial charge is 0.393 e. The first-order valence-corrected chi connectivity index (χ1v) is 4.43. The van der Waals surface area contributed by atoms with Crippen LogP contribution in [0.15, 0.2) is 0 Å². The molecule has 0 bridgehead atoms. The summed E-state index contributed by atoms with van der Waals surface area (Å²) < 4.78 is 5.02. The number of hydrogen-bond acceptors (Lipinski definition) is 7. The smallest absolute Gasteiger partial charge is 0.138 e. The van der Waals surface area contributed by atoms with Crippen molar-refractivity contribution in [1.82, 2.24) is 0 Å². The van der Waals surface area contributed by atoms with Crippen LogP contribution >= 0.6 is 0 Å². The van der Waals surface area contributed by atoms with Gasteiger partial charge in [0.25, 0.3) is 0 Å². The normalized spacial score (nSPS) is 13.2. The molecule has 0 rings (SSSR count). The van der Waals surface area contributed by atoms with Gasteiger partial charge in [-0.05, 0) is 0 Å². The van der Waals surface area contributed by atoms with E-state index in [2.05, 4.69) is 0 Å². The van der Waals surface area contributed by atoms with E-state index >= 15 is 0 Å². The summed E-state index contributed by atoms with van der Waals surface area (Å²) in [7, 11) is 0. The monoisotopic (exact) mass is 226 g/mol. The summed E-state index contributed by atoms with van der Waals surface area (Å²) in [6.07, 6.45) is 0. The van der Waals surface area contributed by atoms with Gasteiger partial charge in [0.1, 0.15) is 11.2 Å². The molecule has 0 aliphatic carbocycles. The Morgan fingerprint density at radius 3 is 0.867 bits per heavy atom. The maximum absolute atomic E-state index is 8.94. The molecule has 0 heterocycles. The highest BCUT2D eigenvalue weighted by Gasteiger charge is 2.40. The Morgan fingerprint density at radius 1 is 0.533 bits per heavy atom. The summed E-state index contributed by atoms with van der Waals surface area (Å²) in [5.41, 5.74) is -3.40. The molecule has 0 radical (unpaired) electrons. The van der Waals surface area contributed by atoms with Crippen LogP contribution in [0.1, 0.15) is 0 Å². The highest BCUT2D eigenvalue weighted by atomic mass is 16.6. The second-order valence-electron chi connectivity index (χ2n) is 3.42. The summed E-state index contributed by atoms with van der Waals surface area (Å²) in [5, 5.41) is 53.6. The molecule has 92 valence electrons. The lowest BCUT2D eigenvalue weighted by molar-refractivity contribution is -0.239. The maximum Gasteiger partial charge on any atom is 0.138 e. The van der Waals surface area contributed by atoms with Crippen LogP contribution in [0.3, 0.4) is 0 Å². The third-order valence-corrected chi connectivity index (χ3v) is 2.16. The molecule has 0 saturated heterocycles. The molecule has 0 spiro atoms. The standard InChI is InChI=1S/C8H18O7/c9-1-7(2-10,3-11)15-8(4-12,5-13)6-14/h9-14H,1-6H2. The van der Waals surface area contributed by atoms with E-state index in [1.807, 2.05) is 0 Å². The van der Waals surface area contributed by atoms with Crippen molar-refractivity contribution in [2.45, 2.75) is 11.2 Å². The van der Waals surface area contributed by atoms with Crippen molar-refractivity contribution in [3.8, 4) is 0 Å². The van der Waals surface area contributed by atoms with Crippen molar-refractivity contribution in [3.63, 3.8) is 0 Å². The molecule has 0 aromatic heterocycles. The van der Waals surface area contributed by atoms with Crippen molar-refractivity contribution < 1.29 is 35.4 Å². The fourth-order valence-electron chi connectivity index (χ4n) is 0.953. The summed E-state index contributed by atoms with van der Waals surface area (Å²) in [5.74, 6) is 0. The highest BCUT2D eigenvalue weighted by molar-refractivity contribution is 4.87. The van der Waals surface area contributed by atoms with Crippen molar-refractivity contribution in [3.05, 3.63) is 0 Å². The van der Waals surface area contributed by atoms with Gasteiger partial charge in [0.05, 0.1) is 39.6 Å². The molecule has 0 amide bonds. The second-order valence-corrected chi connectivity index (χ2v) is 3.42. The zero-order chi connectivity index (χ0) is 11.9. The first kappa shape index (κ1) is 14.7. The van der Waals surface area contributed by atoms with Crippen LogP contribution in [0.5, 0.6) is 0 Å². The van der Waals surface area contributed by atoms with Gasteiger partial charge in [-0.2, -0.15) is 0 Å². The average Bonchev–Trinajstić information content (AvgIpc) is 2.33. The van der Waals surface area contributed by atoms with Crippen LogP contribution in [0.25, 0.3) is 0 Å². The van der Waals surface area contributed by atoms with Crippen LogP contribution < -0.4 is 0 Å². The van der Waals surface area contributed by atoms with Crippen molar-refractivity contribution in [2.75, 3.05) is 39.6 Å². The molecule has 15 heavy (non-hydrogen) atoms. The molecule has 6 N–H and O–H groups in total. The molecule has 7 nitrogen and oxygen atoms in total. The number of ether oxygens (including phenoxy) is 1. The quantitative estimate of drug-likeness (QED) is 0.252. The topological polar surface area (TPSA) is 131 Å². The molecule has 0 aromatic carbocycles. The molecular formula is C8H18O7. The number of aliphatic hydroxyl groups excluding tert-OH is 6. The lowest BCUT2D eigenvalue weighted by Crippen LogP contribution is -2.56. The van der Waals surface area contributed by atoms with Gasteiger partial charge in [0, 0.05) is 0 Å². The van der Waals surface area contributed by atoms with E-state index in [1.54, 1.807) is 0 Å². The zero-order valence-electron chi connectivity index (χ0n) is 8.33. The first-order valence-electron chi connectivity index (χ1n) is 4.43. The summed E-state index contributed by atoms with van der Waals surface area (Å²) in [6, 6.07) is 0. The fourth-order valence-corrected chi connectivity index (χ4v) is 0.953.